The van der Waals surface area contributed by atoms with Crippen LogP contribution in [0.25, 0.3) is 10.6 Å². The Labute approximate surface area is 111 Å². The van der Waals surface area contributed by atoms with Crippen LogP contribution in [0.15, 0.2) is 0 Å². The molecule has 0 radical (unpaired) electrons. The average Bonchev–Trinajstić information content (AvgIpc) is 1.85. The summed E-state index contributed by atoms with van der Waals surface area (Å²) in [6.45, 7) is 6.44. The van der Waals surface area contributed by atoms with E-state index in [4.69, 9.17) is 0 Å². The van der Waals surface area contributed by atoms with Crippen molar-refractivity contribution in [2.75, 3.05) is 28.2 Å². The largest absolute Gasteiger partial charge is 4.00 e. The molecule has 0 atom stereocenters. The molecule has 0 bridgehead atoms. The number of nitrogens with zero attached hydrogens (tertiary/aromatic N) is 2. The van der Waals surface area contributed by atoms with Crippen molar-refractivity contribution in [2.24, 2.45) is 0 Å². The second kappa shape index (κ2) is 36.5. The van der Waals surface area contributed by atoms with Gasteiger partial charge in [-0.1, -0.05) is 27.7 Å². The van der Waals surface area contributed by atoms with Gasteiger partial charge in [-0.3, -0.25) is 0 Å². The molecule has 4 nitrogen and oxygen atoms in total. The summed E-state index contributed by atoms with van der Waals surface area (Å²) in [5.74, 6) is 0. The maximum absolute atomic E-state index is 9.53. The van der Waals surface area contributed by atoms with E-state index in [0.29, 0.717) is 0 Å². The zero-order chi connectivity index (χ0) is 12.6. The molecule has 0 fully saturated rings. The van der Waals surface area contributed by atoms with Gasteiger partial charge in [-0.25, -0.2) is 0 Å². The molecule has 0 rings (SSSR count). The molecule has 15 heavy (non-hydrogen) atoms. The van der Waals surface area contributed by atoms with E-state index in [-0.39, 0.29) is 21.7 Å². The van der Waals surface area contributed by atoms with E-state index >= 15 is 0 Å². The van der Waals surface area contributed by atoms with Gasteiger partial charge in [0.2, 0.25) is 0 Å². The van der Waals surface area contributed by atoms with Gasteiger partial charge in [-0.05, 0) is 0 Å². The van der Waals surface area contributed by atoms with Crippen molar-refractivity contribution in [2.45, 2.75) is 39.9 Å². The number of hydrogen-bond acceptors (Lipinski definition) is 2. The van der Waals surface area contributed by atoms with Gasteiger partial charge in [-0.15, -0.1) is 12.2 Å². The second-order valence-electron chi connectivity index (χ2n) is 2.99. The molecule has 0 aliphatic rings. The van der Waals surface area contributed by atoms with Gasteiger partial charge in [0.25, 0.3) is 0 Å². The van der Waals surface area contributed by atoms with Gasteiger partial charge >= 0.3 is 21.7 Å². The second-order valence-corrected chi connectivity index (χ2v) is 2.99. The summed E-state index contributed by atoms with van der Waals surface area (Å²) in [6, 6.07) is 0. The predicted octanol–water partition coefficient (Wildman–Crippen LogP) is 0.747. The number of hydrogen-bond donors (Lipinski definition) is 0. The first-order valence-corrected chi connectivity index (χ1v) is 4.57. The smallest absolute Gasteiger partial charge is 0.852 e. The van der Waals surface area contributed by atoms with Gasteiger partial charge in [0.15, 0.2) is 0 Å². The topological polar surface area (TPSA) is 74.3 Å². The molecule has 0 spiro atoms. The molecule has 0 aromatic heterocycles. The van der Waals surface area contributed by atoms with Crippen molar-refractivity contribution in [3.8, 4) is 0 Å². The van der Waals surface area contributed by atoms with Gasteiger partial charge in [0.1, 0.15) is 0 Å². The summed E-state index contributed by atoms with van der Waals surface area (Å²) in [4.78, 5) is 0. The van der Waals surface area contributed by atoms with E-state index < -0.39 is 12.2 Å². The molecule has 0 saturated heterocycles. The third-order valence-electron chi connectivity index (χ3n) is 0. The van der Waals surface area contributed by atoms with Crippen LogP contribution in [-0.2, 0) is 21.7 Å². The summed E-state index contributed by atoms with van der Waals surface area (Å²) in [6.07, 6.45) is -0.833. The fraction of sp³-hybridized carbons (Fsp3) is 1.00. The minimum atomic E-state index is -0.417. The molecule has 0 aliphatic carbocycles. The quantitative estimate of drug-likeness (QED) is 0.598. The van der Waals surface area contributed by atoms with E-state index in [2.05, 4.69) is 10.6 Å². The van der Waals surface area contributed by atoms with Crippen molar-refractivity contribution < 1.29 is 31.9 Å². The van der Waals surface area contributed by atoms with E-state index in [9.17, 15) is 10.2 Å². The van der Waals surface area contributed by atoms with Crippen molar-refractivity contribution in [3.05, 3.63) is 10.6 Å². The fourth-order valence-electron chi connectivity index (χ4n) is 0. The van der Waals surface area contributed by atoms with E-state index in [1.807, 2.05) is 0 Å². The van der Waals surface area contributed by atoms with Crippen molar-refractivity contribution in [1.82, 2.24) is 0 Å². The van der Waals surface area contributed by atoms with Crippen LogP contribution in [0.4, 0.5) is 0 Å². The summed E-state index contributed by atoms with van der Waals surface area (Å²) in [5.41, 5.74) is 0. The third-order valence-corrected chi connectivity index (χ3v) is 0. The zero-order valence-corrected chi connectivity index (χ0v) is 12.9. The van der Waals surface area contributed by atoms with Gasteiger partial charge in [0.05, 0.1) is 0 Å². The van der Waals surface area contributed by atoms with Crippen LogP contribution in [0.2, 0.25) is 0 Å². The maximum Gasteiger partial charge on any atom is 4.00 e. The first kappa shape index (κ1) is 29.6. The third kappa shape index (κ3) is 7470. The standard InChI is InChI=1S/2C3H7O.2C2H6N.Ti/c2*1-3(2)4;2*1-3-2;/h2*3H,1-2H3;2*1-2H3;/q4*-1;+4. The Kier molecular flexibility index (Phi) is 72.1. The molecule has 92 valence electrons. The fourth-order valence-corrected chi connectivity index (χ4v) is 0. The summed E-state index contributed by atoms with van der Waals surface area (Å²) in [5, 5.41) is 26.1. The Morgan fingerprint density at radius 2 is 0.667 bits per heavy atom. The minimum Gasteiger partial charge on any atom is -0.852 e. The molecule has 0 saturated carbocycles. The Bertz CT molecular complexity index is 51.9. The molecular formula is C10H26N2O2Ti. The van der Waals surface area contributed by atoms with Crippen LogP contribution >= 0.6 is 0 Å². The first-order valence-electron chi connectivity index (χ1n) is 4.57. The molecular weight excluding hydrogens is 228 g/mol. The van der Waals surface area contributed by atoms with Gasteiger partial charge < -0.3 is 20.8 Å². The minimum absolute atomic E-state index is 0. The van der Waals surface area contributed by atoms with E-state index in [0.717, 1.165) is 0 Å². The summed E-state index contributed by atoms with van der Waals surface area (Å²) >= 11 is 0. The Hall–Kier alpha value is 0.554. The van der Waals surface area contributed by atoms with Crippen LogP contribution in [0.3, 0.4) is 0 Å². The monoisotopic (exact) mass is 254 g/mol. The molecule has 0 amide bonds. The SMILES string of the molecule is CC(C)[O-].CC(C)[O-].C[N-]C.C[N-]C.[Ti+4]. The van der Waals surface area contributed by atoms with Crippen LogP contribution in [0.5, 0.6) is 0 Å². The number of rotatable bonds is 0. The zero-order valence-electron chi connectivity index (χ0n) is 11.4. The van der Waals surface area contributed by atoms with Crippen molar-refractivity contribution in [1.29, 1.82) is 0 Å². The molecule has 0 N–H and O–H groups in total. The summed E-state index contributed by atoms with van der Waals surface area (Å²) in [7, 11) is 7.00. The van der Waals surface area contributed by atoms with Crippen LogP contribution < -0.4 is 10.2 Å². The van der Waals surface area contributed by atoms with Crippen molar-refractivity contribution >= 4 is 0 Å². The van der Waals surface area contributed by atoms with Gasteiger partial charge in [0, 0.05) is 0 Å². The van der Waals surface area contributed by atoms with Crippen LogP contribution in [0.1, 0.15) is 27.7 Å². The molecule has 0 heterocycles. The van der Waals surface area contributed by atoms with E-state index in [1.165, 1.54) is 0 Å². The molecule has 0 aromatic rings. The maximum atomic E-state index is 9.53. The first-order chi connectivity index (χ1) is 6.29. The molecule has 5 heteroatoms. The average molecular weight is 254 g/mol. The predicted molar refractivity (Wildman–Crippen MR) is 60.7 cm³/mol. The van der Waals surface area contributed by atoms with Crippen LogP contribution in [-0.4, -0.2) is 40.4 Å². The Morgan fingerprint density at radius 1 is 0.667 bits per heavy atom. The van der Waals surface area contributed by atoms with Crippen LogP contribution in [0, 0.1) is 0 Å². The van der Waals surface area contributed by atoms with E-state index in [1.54, 1.807) is 55.9 Å². The van der Waals surface area contributed by atoms with Crippen molar-refractivity contribution in [3.63, 3.8) is 0 Å². The Morgan fingerprint density at radius 3 is 0.667 bits per heavy atom. The Balaban J connectivity index is -0.0000000293. The normalized spacial score (nSPS) is 7.20. The molecule has 0 aromatic carbocycles. The summed E-state index contributed by atoms with van der Waals surface area (Å²) < 4.78 is 0. The molecule has 0 unspecified atom stereocenters. The van der Waals surface area contributed by atoms with Gasteiger partial charge in [-0.2, -0.15) is 28.2 Å². The molecule has 0 aliphatic heterocycles.